The highest BCUT2D eigenvalue weighted by atomic mass is 32.2. The number of benzene rings is 1. The molecule has 6 heteroatoms. The summed E-state index contributed by atoms with van der Waals surface area (Å²) in [6, 6.07) is 7.37. The van der Waals surface area contributed by atoms with E-state index in [2.05, 4.69) is 5.32 Å². The van der Waals surface area contributed by atoms with Gasteiger partial charge in [0.2, 0.25) is 0 Å². The van der Waals surface area contributed by atoms with Gasteiger partial charge >= 0.3 is 0 Å². The van der Waals surface area contributed by atoms with Crippen molar-refractivity contribution in [2.24, 2.45) is 0 Å². The molecule has 1 N–H and O–H groups in total. The summed E-state index contributed by atoms with van der Waals surface area (Å²) in [6.45, 7) is 5.08. The van der Waals surface area contributed by atoms with Crippen LogP contribution in [-0.2, 0) is 4.79 Å². The van der Waals surface area contributed by atoms with Crippen molar-refractivity contribution >= 4 is 28.6 Å². The summed E-state index contributed by atoms with van der Waals surface area (Å²) in [5.74, 6) is 0.626. The lowest BCUT2D eigenvalue weighted by Crippen LogP contribution is -2.35. The summed E-state index contributed by atoms with van der Waals surface area (Å²) < 4.78 is 5.37. The molecule has 1 heterocycles. The van der Waals surface area contributed by atoms with E-state index in [9.17, 15) is 9.59 Å². The highest BCUT2D eigenvalue weighted by molar-refractivity contribution is 8.15. The van der Waals surface area contributed by atoms with Crippen LogP contribution in [0.5, 0.6) is 5.75 Å². The summed E-state index contributed by atoms with van der Waals surface area (Å²) in [7, 11) is 0. The van der Waals surface area contributed by atoms with Gasteiger partial charge in [-0.2, -0.15) is 0 Å². The predicted molar refractivity (Wildman–Crippen MR) is 84.6 cm³/mol. The summed E-state index contributed by atoms with van der Waals surface area (Å²) in [4.78, 5) is 25.4. The highest BCUT2D eigenvalue weighted by Crippen LogP contribution is 2.29. The van der Waals surface area contributed by atoms with Crippen molar-refractivity contribution in [2.45, 2.75) is 32.1 Å². The maximum atomic E-state index is 12.2. The Kier molecular flexibility index (Phi) is 5.50. The second-order valence-electron chi connectivity index (χ2n) is 4.71. The molecule has 0 unspecified atom stereocenters. The molecule has 1 saturated heterocycles. The molecular formula is C15H20N2O3S. The molecule has 114 valence electrons. The molecule has 5 nitrogen and oxygen atoms in total. The molecule has 2 amide bonds. The van der Waals surface area contributed by atoms with Crippen molar-refractivity contribution in [2.75, 3.05) is 18.5 Å². The van der Waals surface area contributed by atoms with Crippen molar-refractivity contribution in [3.05, 3.63) is 24.3 Å². The topological polar surface area (TPSA) is 58.6 Å². The normalized spacial score (nSPS) is 18.2. The minimum Gasteiger partial charge on any atom is -0.494 e. The molecule has 1 aromatic carbocycles. The van der Waals surface area contributed by atoms with Crippen molar-refractivity contribution < 1.29 is 14.3 Å². The number of imide groups is 1. The Morgan fingerprint density at radius 1 is 1.24 bits per heavy atom. The molecule has 0 bridgehead atoms. The second-order valence-corrected chi connectivity index (χ2v) is 5.77. The number of nitrogens with one attached hydrogen (secondary N) is 1. The van der Waals surface area contributed by atoms with Crippen LogP contribution in [0.1, 0.15) is 26.7 Å². The van der Waals surface area contributed by atoms with E-state index in [0.717, 1.165) is 36.0 Å². The number of anilines is 1. The number of rotatable bonds is 7. The average Bonchev–Trinajstić information content (AvgIpc) is 2.74. The van der Waals surface area contributed by atoms with Gasteiger partial charge in [0.15, 0.2) is 5.37 Å². The number of hydrogen-bond donors (Lipinski definition) is 1. The van der Waals surface area contributed by atoms with Gasteiger partial charge in [0.1, 0.15) is 5.75 Å². The molecule has 1 atom stereocenters. The zero-order valence-electron chi connectivity index (χ0n) is 12.3. The van der Waals surface area contributed by atoms with E-state index in [1.54, 1.807) is 0 Å². The fourth-order valence-electron chi connectivity index (χ4n) is 2.02. The van der Waals surface area contributed by atoms with Crippen molar-refractivity contribution in [1.29, 1.82) is 0 Å². The number of carbonyl (C=O) groups excluding carboxylic acids is 2. The Hall–Kier alpha value is -1.69. The van der Waals surface area contributed by atoms with Gasteiger partial charge in [-0.1, -0.05) is 13.3 Å². The molecule has 0 radical (unpaired) electrons. The number of thioether (sulfide) groups is 1. The molecule has 0 aliphatic carbocycles. The zero-order chi connectivity index (χ0) is 15.2. The van der Waals surface area contributed by atoms with Crippen LogP contribution >= 0.6 is 11.8 Å². The molecule has 1 aromatic rings. The fourth-order valence-corrected chi connectivity index (χ4v) is 2.95. The molecule has 21 heavy (non-hydrogen) atoms. The third-order valence-electron chi connectivity index (χ3n) is 3.13. The van der Waals surface area contributed by atoms with Crippen LogP contribution in [-0.4, -0.2) is 34.6 Å². The third-order valence-corrected chi connectivity index (χ3v) is 4.10. The number of unbranched alkanes of at least 4 members (excludes halogenated alkanes) is 1. The van der Waals surface area contributed by atoms with Crippen LogP contribution in [0, 0.1) is 0 Å². The number of carbonyl (C=O) groups is 2. The lowest BCUT2D eigenvalue weighted by atomic mass is 10.3. The zero-order valence-corrected chi connectivity index (χ0v) is 13.1. The molecule has 1 fully saturated rings. The summed E-state index contributed by atoms with van der Waals surface area (Å²) in [6.07, 6.45) is 1.80. The number of ether oxygens (including phenoxy) is 1. The lowest BCUT2D eigenvalue weighted by molar-refractivity contribution is -0.126. The van der Waals surface area contributed by atoms with E-state index in [4.69, 9.17) is 4.74 Å². The van der Waals surface area contributed by atoms with E-state index in [-0.39, 0.29) is 11.1 Å². The Labute approximate surface area is 129 Å². The van der Waals surface area contributed by atoms with E-state index in [0.29, 0.717) is 13.2 Å². The Morgan fingerprint density at radius 3 is 2.57 bits per heavy atom. The standard InChI is InChI=1S/C15H20N2O3S/c1-3-5-10-17-14(18)13(21-15(17)19)16-11-6-8-12(9-7-11)20-4-2/h6-9,13,16H,3-5,10H2,1-2H3/t13-/m0/s1. The van der Waals surface area contributed by atoms with E-state index < -0.39 is 5.37 Å². The van der Waals surface area contributed by atoms with Gasteiger partial charge in [0.25, 0.3) is 11.1 Å². The van der Waals surface area contributed by atoms with Crippen molar-refractivity contribution in [1.82, 2.24) is 4.90 Å². The van der Waals surface area contributed by atoms with Crippen LogP contribution in [0.4, 0.5) is 10.5 Å². The largest absolute Gasteiger partial charge is 0.494 e. The summed E-state index contributed by atoms with van der Waals surface area (Å²) in [5.41, 5.74) is 0.800. The van der Waals surface area contributed by atoms with Crippen molar-refractivity contribution in [3.8, 4) is 5.75 Å². The minimum absolute atomic E-state index is 0.160. The molecule has 2 rings (SSSR count). The lowest BCUT2D eigenvalue weighted by Gasteiger charge is -2.14. The van der Waals surface area contributed by atoms with E-state index >= 15 is 0 Å². The van der Waals surface area contributed by atoms with Crippen LogP contribution in [0.25, 0.3) is 0 Å². The van der Waals surface area contributed by atoms with Gasteiger partial charge in [0, 0.05) is 12.2 Å². The molecule has 0 spiro atoms. The van der Waals surface area contributed by atoms with Gasteiger partial charge in [0.05, 0.1) is 6.61 Å². The van der Waals surface area contributed by atoms with Crippen LogP contribution in [0.2, 0.25) is 0 Å². The summed E-state index contributed by atoms with van der Waals surface area (Å²) >= 11 is 1.04. The molecule has 0 aromatic heterocycles. The van der Waals surface area contributed by atoms with Crippen molar-refractivity contribution in [3.63, 3.8) is 0 Å². The third kappa shape index (κ3) is 3.91. The number of amides is 2. The van der Waals surface area contributed by atoms with Gasteiger partial charge in [-0.25, -0.2) is 0 Å². The Balaban J connectivity index is 1.96. The van der Waals surface area contributed by atoms with Gasteiger partial charge in [-0.3, -0.25) is 14.5 Å². The first kappa shape index (κ1) is 15.7. The Morgan fingerprint density at radius 2 is 1.95 bits per heavy atom. The monoisotopic (exact) mass is 308 g/mol. The maximum absolute atomic E-state index is 12.2. The number of nitrogens with zero attached hydrogens (tertiary/aromatic N) is 1. The first-order chi connectivity index (χ1) is 10.2. The van der Waals surface area contributed by atoms with Crippen LogP contribution in [0.3, 0.4) is 0 Å². The van der Waals surface area contributed by atoms with Gasteiger partial charge in [-0.15, -0.1) is 0 Å². The highest BCUT2D eigenvalue weighted by Gasteiger charge is 2.39. The predicted octanol–water partition coefficient (Wildman–Crippen LogP) is 3.32. The molecule has 0 saturated carbocycles. The minimum atomic E-state index is -0.535. The number of hydrogen-bond acceptors (Lipinski definition) is 5. The van der Waals surface area contributed by atoms with Crippen LogP contribution in [0.15, 0.2) is 24.3 Å². The fraction of sp³-hybridized carbons (Fsp3) is 0.467. The summed E-state index contributed by atoms with van der Waals surface area (Å²) in [5, 5.41) is 2.39. The van der Waals surface area contributed by atoms with E-state index in [1.165, 1.54) is 4.90 Å². The molecule has 1 aliphatic heterocycles. The quantitative estimate of drug-likeness (QED) is 0.837. The van der Waals surface area contributed by atoms with E-state index in [1.807, 2.05) is 38.1 Å². The average molecular weight is 308 g/mol. The SMILES string of the molecule is CCCCN1C(=O)S[C@H](Nc2ccc(OCC)cc2)C1=O. The Bertz CT molecular complexity index is 504. The van der Waals surface area contributed by atoms with Crippen LogP contribution < -0.4 is 10.1 Å². The maximum Gasteiger partial charge on any atom is 0.290 e. The second kappa shape index (κ2) is 7.36. The first-order valence-electron chi connectivity index (χ1n) is 7.17. The van der Waals surface area contributed by atoms with Gasteiger partial charge in [-0.05, 0) is 49.4 Å². The molecule has 1 aliphatic rings. The first-order valence-corrected chi connectivity index (χ1v) is 8.05. The smallest absolute Gasteiger partial charge is 0.290 e. The van der Waals surface area contributed by atoms with Gasteiger partial charge < -0.3 is 10.1 Å². The molecular weight excluding hydrogens is 288 g/mol.